The summed E-state index contributed by atoms with van der Waals surface area (Å²) in [5, 5.41) is 3.92. The molecule has 1 fully saturated rings. The van der Waals surface area contributed by atoms with E-state index in [2.05, 4.69) is 5.10 Å². The Hall–Kier alpha value is -1.86. The number of hydrogen-bond donors (Lipinski definition) is 0. The summed E-state index contributed by atoms with van der Waals surface area (Å²) < 4.78 is 38.8. The van der Waals surface area contributed by atoms with Crippen molar-refractivity contribution in [3.05, 3.63) is 17.0 Å². The maximum absolute atomic E-state index is 12.7. The van der Waals surface area contributed by atoms with Crippen molar-refractivity contribution in [3.8, 4) is 0 Å². The Morgan fingerprint density at radius 1 is 1.24 bits per heavy atom. The number of halogens is 3. The minimum absolute atomic E-state index is 0.0248. The molecule has 1 atom stereocenters. The van der Waals surface area contributed by atoms with Crippen LogP contribution in [0.1, 0.15) is 49.6 Å². The Labute approximate surface area is 145 Å². The first-order valence-electron chi connectivity index (χ1n) is 8.55. The van der Waals surface area contributed by atoms with Crippen LogP contribution < -0.4 is 0 Å². The van der Waals surface area contributed by atoms with Gasteiger partial charge in [-0.15, -0.1) is 0 Å². The predicted octanol–water partition coefficient (Wildman–Crippen LogP) is 2.96. The van der Waals surface area contributed by atoms with Crippen molar-refractivity contribution < 1.29 is 22.8 Å². The summed E-state index contributed by atoms with van der Waals surface area (Å²) >= 11 is 0. The number of ketones is 1. The van der Waals surface area contributed by atoms with Gasteiger partial charge in [-0.1, -0.05) is 6.92 Å². The second-order valence-corrected chi connectivity index (χ2v) is 6.52. The summed E-state index contributed by atoms with van der Waals surface area (Å²) in [6.45, 7) is 4.26. The average molecular weight is 359 g/mol. The zero-order chi connectivity index (χ0) is 18.8. The van der Waals surface area contributed by atoms with Gasteiger partial charge in [0.15, 0.2) is 5.78 Å². The molecule has 2 heterocycles. The molecule has 0 saturated carbocycles. The van der Waals surface area contributed by atoms with Gasteiger partial charge in [-0.3, -0.25) is 14.3 Å². The lowest BCUT2D eigenvalue weighted by atomic mass is 9.96. The number of likely N-dealkylation sites (tertiary alicyclic amines) is 1. The number of carbonyl (C=O) groups excluding carboxylic acids is 2. The number of hydrogen-bond acceptors (Lipinski definition) is 3. The molecule has 0 radical (unpaired) electrons. The van der Waals surface area contributed by atoms with E-state index in [1.165, 1.54) is 0 Å². The number of nitrogens with zero attached hydrogens (tertiary/aromatic N) is 3. The number of Topliss-reactive ketones (excluding diaryl/α,β-unsaturated/α-hetero) is 1. The van der Waals surface area contributed by atoms with Crippen LogP contribution in [0.2, 0.25) is 0 Å². The molecular formula is C17H24F3N3O2. The van der Waals surface area contributed by atoms with E-state index in [0.29, 0.717) is 36.3 Å². The molecule has 140 valence electrons. The van der Waals surface area contributed by atoms with Crippen molar-refractivity contribution in [3.63, 3.8) is 0 Å². The molecule has 5 nitrogen and oxygen atoms in total. The van der Waals surface area contributed by atoms with Gasteiger partial charge in [-0.2, -0.15) is 18.3 Å². The molecule has 1 amide bonds. The van der Waals surface area contributed by atoms with E-state index >= 15 is 0 Å². The summed E-state index contributed by atoms with van der Waals surface area (Å²) in [4.78, 5) is 26.4. The summed E-state index contributed by atoms with van der Waals surface area (Å²) in [7, 11) is 0. The first-order valence-corrected chi connectivity index (χ1v) is 8.55. The number of aryl methyl sites for hydroxylation is 1. The van der Waals surface area contributed by atoms with E-state index < -0.39 is 18.8 Å². The minimum Gasteiger partial charge on any atom is -0.332 e. The molecule has 25 heavy (non-hydrogen) atoms. The fourth-order valence-corrected chi connectivity index (χ4v) is 3.37. The standard InChI is InChI=1S/C17H24F3N3O2/c1-4-15(24)14-7-5-6-8-22(14)16(25)9-13-11(2)21-23(12(13)3)10-17(18,19)20/h14H,4-10H2,1-3H3. The normalized spacial score (nSPS) is 18.5. The van der Waals surface area contributed by atoms with Crippen molar-refractivity contribution in [2.24, 2.45) is 0 Å². The summed E-state index contributed by atoms with van der Waals surface area (Å²) in [5.74, 6) is -0.182. The Morgan fingerprint density at radius 3 is 2.52 bits per heavy atom. The van der Waals surface area contributed by atoms with Crippen molar-refractivity contribution in [1.82, 2.24) is 14.7 Å². The lowest BCUT2D eigenvalue weighted by Crippen LogP contribution is -2.48. The van der Waals surface area contributed by atoms with Crippen LogP contribution >= 0.6 is 0 Å². The SMILES string of the molecule is CCC(=O)C1CCCCN1C(=O)Cc1c(C)nn(CC(F)(F)F)c1C. The first kappa shape index (κ1) is 19.5. The monoisotopic (exact) mass is 359 g/mol. The van der Waals surface area contributed by atoms with Crippen LogP contribution in [0.5, 0.6) is 0 Å². The van der Waals surface area contributed by atoms with Crippen LogP contribution in [-0.2, 0) is 22.6 Å². The molecule has 0 aromatic carbocycles. The number of carbonyl (C=O) groups is 2. The predicted molar refractivity (Wildman–Crippen MR) is 86.1 cm³/mol. The summed E-state index contributed by atoms with van der Waals surface area (Å²) in [5.41, 5.74) is 1.28. The van der Waals surface area contributed by atoms with E-state index in [1.807, 2.05) is 0 Å². The molecule has 1 saturated heterocycles. The van der Waals surface area contributed by atoms with Gasteiger partial charge in [0, 0.05) is 24.2 Å². The summed E-state index contributed by atoms with van der Waals surface area (Å²) in [6.07, 6.45) is -1.62. The lowest BCUT2D eigenvalue weighted by Gasteiger charge is -2.34. The van der Waals surface area contributed by atoms with Crippen molar-refractivity contribution in [2.45, 2.75) is 71.6 Å². The number of rotatable bonds is 5. The van der Waals surface area contributed by atoms with Crippen LogP contribution in [0.15, 0.2) is 0 Å². The maximum atomic E-state index is 12.7. The average Bonchev–Trinajstić information content (AvgIpc) is 2.79. The molecule has 1 unspecified atom stereocenters. The molecule has 0 bridgehead atoms. The van der Waals surface area contributed by atoms with Gasteiger partial charge >= 0.3 is 6.18 Å². The van der Waals surface area contributed by atoms with E-state index in [1.54, 1.807) is 25.7 Å². The quantitative estimate of drug-likeness (QED) is 0.812. The number of piperidine rings is 1. The second-order valence-electron chi connectivity index (χ2n) is 6.52. The Bertz CT molecular complexity index is 652. The number of aromatic nitrogens is 2. The van der Waals surface area contributed by atoms with Crippen molar-refractivity contribution in [2.75, 3.05) is 6.54 Å². The molecule has 1 aromatic heterocycles. The van der Waals surface area contributed by atoms with Crippen LogP contribution in [0, 0.1) is 13.8 Å². The zero-order valence-electron chi connectivity index (χ0n) is 14.8. The number of amides is 1. The molecule has 1 aromatic rings. The molecule has 0 aliphatic carbocycles. The fraction of sp³-hybridized carbons (Fsp3) is 0.706. The maximum Gasteiger partial charge on any atom is 0.408 e. The van der Waals surface area contributed by atoms with Crippen LogP contribution in [-0.4, -0.2) is 45.1 Å². The molecule has 1 aliphatic heterocycles. The van der Waals surface area contributed by atoms with Crippen molar-refractivity contribution >= 4 is 11.7 Å². The Balaban J connectivity index is 2.18. The van der Waals surface area contributed by atoms with E-state index in [0.717, 1.165) is 17.5 Å². The first-order chi connectivity index (χ1) is 11.6. The van der Waals surface area contributed by atoms with Gasteiger partial charge in [0.25, 0.3) is 0 Å². The third-order valence-electron chi connectivity index (χ3n) is 4.73. The Morgan fingerprint density at radius 2 is 1.92 bits per heavy atom. The van der Waals surface area contributed by atoms with Gasteiger partial charge in [-0.05, 0) is 33.1 Å². The minimum atomic E-state index is -4.37. The zero-order valence-corrected chi connectivity index (χ0v) is 14.8. The van der Waals surface area contributed by atoms with Crippen LogP contribution in [0.3, 0.4) is 0 Å². The number of alkyl halides is 3. The summed E-state index contributed by atoms with van der Waals surface area (Å²) in [6, 6.07) is -0.405. The van der Waals surface area contributed by atoms with Gasteiger partial charge in [0.2, 0.25) is 5.91 Å². The highest BCUT2D eigenvalue weighted by Crippen LogP contribution is 2.24. The van der Waals surface area contributed by atoms with Gasteiger partial charge < -0.3 is 4.90 Å². The van der Waals surface area contributed by atoms with Gasteiger partial charge in [0.05, 0.1) is 18.2 Å². The topological polar surface area (TPSA) is 55.2 Å². The van der Waals surface area contributed by atoms with Crippen LogP contribution in [0.4, 0.5) is 13.2 Å². The second kappa shape index (κ2) is 7.58. The van der Waals surface area contributed by atoms with Gasteiger partial charge in [-0.25, -0.2) is 0 Å². The van der Waals surface area contributed by atoms with Gasteiger partial charge in [0.1, 0.15) is 6.54 Å². The molecule has 8 heteroatoms. The largest absolute Gasteiger partial charge is 0.408 e. The third-order valence-corrected chi connectivity index (χ3v) is 4.73. The smallest absolute Gasteiger partial charge is 0.332 e. The third kappa shape index (κ3) is 4.61. The Kier molecular flexibility index (Phi) is 5.90. The molecule has 1 aliphatic rings. The van der Waals surface area contributed by atoms with E-state index in [-0.39, 0.29) is 18.1 Å². The molecular weight excluding hydrogens is 335 g/mol. The van der Waals surface area contributed by atoms with E-state index in [9.17, 15) is 22.8 Å². The fourth-order valence-electron chi connectivity index (χ4n) is 3.37. The lowest BCUT2D eigenvalue weighted by molar-refractivity contribution is -0.143. The highest BCUT2D eigenvalue weighted by Gasteiger charge is 2.33. The molecule has 0 spiro atoms. The van der Waals surface area contributed by atoms with E-state index in [4.69, 9.17) is 0 Å². The highest BCUT2D eigenvalue weighted by molar-refractivity contribution is 5.89. The molecule has 2 rings (SSSR count). The van der Waals surface area contributed by atoms with Crippen LogP contribution in [0.25, 0.3) is 0 Å². The highest BCUT2D eigenvalue weighted by atomic mass is 19.4. The molecule has 0 N–H and O–H groups in total. The van der Waals surface area contributed by atoms with Crippen molar-refractivity contribution in [1.29, 1.82) is 0 Å².